The lowest BCUT2D eigenvalue weighted by atomic mass is 10.0. The summed E-state index contributed by atoms with van der Waals surface area (Å²) in [5, 5.41) is 14.2. The van der Waals surface area contributed by atoms with Gasteiger partial charge in [0, 0.05) is 17.6 Å². The molecule has 0 aliphatic carbocycles. The molecule has 0 amide bonds. The summed E-state index contributed by atoms with van der Waals surface area (Å²) in [4.78, 5) is 15.3. The number of methoxy groups -OCH3 is 1. The number of carbonyl (C=O) groups is 1. The summed E-state index contributed by atoms with van der Waals surface area (Å²) in [6.07, 6.45) is 1.77. The van der Waals surface area contributed by atoms with Crippen molar-refractivity contribution in [2.24, 2.45) is 5.92 Å². The van der Waals surface area contributed by atoms with Crippen molar-refractivity contribution in [3.8, 4) is 5.75 Å². The van der Waals surface area contributed by atoms with E-state index in [0.29, 0.717) is 5.82 Å². The molecule has 1 aromatic carbocycles. The number of ether oxygens (including phenoxy) is 1. The number of anilines is 1. The van der Waals surface area contributed by atoms with Crippen molar-refractivity contribution in [1.82, 2.24) is 4.98 Å². The van der Waals surface area contributed by atoms with E-state index in [1.165, 1.54) is 0 Å². The number of carboxylic acids is 1. The van der Waals surface area contributed by atoms with E-state index in [9.17, 15) is 4.79 Å². The molecule has 5 heteroatoms. The van der Waals surface area contributed by atoms with Crippen LogP contribution in [-0.4, -0.2) is 29.2 Å². The quantitative estimate of drug-likeness (QED) is 0.854. The highest BCUT2D eigenvalue weighted by molar-refractivity contribution is 5.93. The van der Waals surface area contributed by atoms with Gasteiger partial charge in [-0.05, 0) is 29.5 Å². The standard InChI is InChI=1S/C16H20N2O3/c1-10(2)14(9-15(19)20)18-16-13-8-12(21-3)5-4-11(13)6-7-17-16/h4-8,10,14H,9H2,1-3H3,(H,17,18)(H,19,20). The Hall–Kier alpha value is -2.30. The van der Waals surface area contributed by atoms with E-state index >= 15 is 0 Å². The van der Waals surface area contributed by atoms with E-state index in [1.807, 2.05) is 38.1 Å². The van der Waals surface area contributed by atoms with Gasteiger partial charge in [0.2, 0.25) is 0 Å². The van der Waals surface area contributed by atoms with Gasteiger partial charge in [-0.15, -0.1) is 0 Å². The Bertz CT molecular complexity index is 640. The molecule has 1 heterocycles. The van der Waals surface area contributed by atoms with E-state index in [1.54, 1.807) is 13.3 Å². The Balaban J connectivity index is 2.38. The highest BCUT2D eigenvalue weighted by atomic mass is 16.5. The van der Waals surface area contributed by atoms with Crippen molar-refractivity contribution < 1.29 is 14.6 Å². The molecular weight excluding hydrogens is 268 g/mol. The molecular formula is C16H20N2O3. The second-order valence-electron chi connectivity index (χ2n) is 5.34. The summed E-state index contributed by atoms with van der Waals surface area (Å²) in [5.74, 6) is 0.798. The summed E-state index contributed by atoms with van der Waals surface area (Å²) in [6.45, 7) is 3.98. The molecule has 0 saturated heterocycles. The predicted molar refractivity (Wildman–Crippen MR) is 82.8 cm³/mol. The number of aliphatic carboxylic acids is 1. The van der Waals surface area contributed by atoms with E-state index in [2.05, 4.69) is 10.3 Å². The molecule has 112 valence electrons. The molecule has 0 fully saturated rings. The van der Waals surface area contributed by atoms with Crippen LogP contribution in [0.2, 0.25) is 0 Å². The van der Waals surface area contributed by atoms with Gasteiger partial charge in [-0.1, -0.05) is 19.9 Å². The van der Waals surface area contributed by atoms with Crippen LogP contribution in [0, 0.1) is 5.92 Å². The van der Waals surface area contributed by atoms with Crippen molar-refractivity contribution in [2.45, 2.75) is 26.3 Å². The number of nitrogens with zero attached hydrogens (tertiary/aromatic N) is 1. The van der Waals surface area contributed by atoms with Gasteiger partial charge in [0.05, 0.1) is 13.5 Å². The second kappa shape index (κ2) is 6.43. The summed E-state index contributed by atoms with van der Waals surface area (Å²) in [7, 11) is 1.62. The number of carboxylic acid groups (broad SMARTS) is 1. The van der Waals surface area contributed by atoms with Crippen molar-refractivity contribution in [3.05, 3.63) is 30.5 Å². The smallest absolute Gasteiger partial charge is 0.305 e. The molecule has 5 nitrogen and oxygen atoms in total. The summed E-state index contributed by atoms with van der Waals surface area (Å²) in [6, 6.07) is 7.50. The molecule has 0 saturated carbocycles. The summed E-state index contributed by atoms with van der Waals surface area (Å²) >= 11 is 0. The van der Waals surface area contributed by atoms with Crippen molar-refractivity contribution in [2.75, 3.05) is 12.4 Å². The zero-order valence-corrected chi connectivity index (χ0v) is 12.5. The fourth-order valence-electron chi connectivity index (χ4n) is 2.21. The van der Waals surface area contributed by atoms with Crippen molar-refractivity contribution >= 4 is 22.6 Å². The van der Waals surface area contributed by atoms with Crippen LogP contribution in [-0.2, 0) is 4.79 Å². The zero-order valence-electron chi connectivity index (χ0n) is 12.5. The third kappa shape index (κ3) is 3.62. The predicted octanol–water partition coefficient (Wildman–Crippen LogP) is 3.15. The Kier molecular flexibility index (Phi) is 4.62. The maximum atomic E-state index is 11.0. The monoisotopic (exact) mass is 288 g/mol. The van der Waals surface area contributed by atoms with Gasteiger partial charge in [-0.25, -0.2) is 4.98 Å². The third-order valence-corrected chi connectivity index (χ3v) is 3.49. The van der Waals surface area contributed by atoms with Gasteiger partial charge < -0.3 is 15.2 Å². The summed E-state index contributed by atoms with van der Waals surface area (Å²) < 4.78 is 5.24. The second-order valence-corrected chi connectivity index (χ2v) is 5.34. The molecule has 1 atom stereocenters. The average Bonchev–Trinajstić information content (AvgIpc) is 2.45. The minimum atomic E-state index is -0.820. The van der Waals surface area contributed by atoms with E-state index in [-0.39, 0.29) is 18.4 Å². The van der Waals surface area contributed by atoms with E-state index in [4.69, 9.17) is 9.84 Å². The van der Waals surface area contributed by atoms with Gasteiger partial charge in [-0.3, -0.25) is 4.79 Å². The van der Waals surface area contributed by atoms with Gasteiger partial charge >= 0.3 is 5.97 Å². The first-order valence-electron chi connectivity index (χ1n) is 6.92. The molecule has 2 aromatic rings. The van der Waals surface area contributed by atoms with E-state index in [0.717, 1.165) is 16.5 Å². The number of rotatable bonds is 6. The lowest BCUT2D eigenvalue weighted by Gasteiger charge is -2.22. The Morgan fingerprint density at radius 1 is 1.38 bits per heavy atom. The number of benzene rings is 1. The SMILES string of the molecule is COc1ccc2ccnc(NC(CC(=O)O)C(C)C)c2c1. The first kappa shape index (κ1) is 15.1. The Morgan fingerprint density at radius 2 is 2.14 bits per heavy atom. The zero-order chi connectivity index (χ0) is 15.4. The molecule has 0 spiro atoms. The van der Waals surface area contributed by atoms with Crippen LogP contribution < -0.4 is 10.1 Å². The van der Waals surface area contributed by atoms with Crippen LogP contribution in [0.15, 0.2) is 30.5 Å². The van der Waals surface area contributed by atoms with Gasteiger partial charge in [0.1, 0.15) is 11.6 Å². The molecule has 0 radical (unpaired) electrons. The maximum absolute atomic E-state index is 11.0. The van der Waals surface area contributed by atoms with Crippen LogP contribution in [0.1, 0.15) is 20.3 Å². The minimum Gasteiger partial charge on any atom is -0.497 e. The normalized spacial score (nSPS) is 12.4. The highest BCUT2D eigenvalue weighted by Gasteiger charge is 2.18. The molecule has 0 aliphatic heterocycles. The molecule has 1 aromatic heterocycles. The number of nitrogens with one attached hydrogen (secondary N) is 1. The first-order valence-corrected chi connectivity index (χ1v) is 6.92. The first-order chi connectivity index (χ1) is 10.0. The Labute approximate surface area is 124 Å². The number of pyridine rings is 1. The topological polar surface area (TPSA) is 71.5 Å². The number of aromatic nitrogens is 1. The minimum absolute atomic E-state index is 0.0553. The largest absolute Gasteiger partial charge is 0.497 e. The van der Waals surface area contributed by atoms with Crippen LogP contribution in [0.25, 0.3) is 10.8 Å². The lowest BCUT2D eigenvalue weighted by Crippen LogP contribution is -2.29. The van der Waals surface area contributed by atoms with Gasteiger partial charge in [0.15, 0.2) is 0 Å². The molecule has 2 N–H and O–H groups in total. The number of hydrogen-bond acceptors (Lipinski definition) is 4. The molecule has 0 aliphatic rings. The molecule has 1 unspecified atom stereocenters. The van der Waals surface area contributed by atoms with Crippen LogP contribution in [0.3, 0.4) is 0 Å². The van der Waals surface area contributed by atoms with Gasteiger partial charge in [0.25, 0.3) is 0 Å². The fraction of sp³-hybridized carbons (Fsp3) is 0.375. The van der Waals surface area contributed by atoms with Crippen LogP contribution >= 0.6 is 0 Å². The summed E-state index contributed by atoms with van der Waals surface area (Å²) in [5.41, 5.74) is 0. The molecule has 21 heavy (non-hydrogen) atoms. The van der Waals surface area contributed by atoms with Crippen molar-refractivity contribution in [1.29, 1.82) is 0 Å². The van der Waals surface area contributed by atoms with Crippen LogP contribution in [0.5, 0.6) is 5.75 Å². The van der Waals surface area contributed by atoms with Crippen LogP contribution in [0.4, 0.5) is 5.82 Å². The average molecular weight is 288 g/mol. The maximum Gasteiger partial charge on any atom is 0.305 e. The van der Waals surface area contributed by atoms with Gasteiger partial charge in [-0.2, -0.15) is 0 Å². The molecule has 2 rings (SSSR count). The lowest BCUT2D eigenvalue weighted by molar-refractivity contribution is -0.137. The highest BCUT2D eigenvalue weighted by Crippen LogP contribution is 2.27. The number of fused-ring (bicyclic) bond motifs is 1. The van der Waals surface area contributed by atoms with E-state index < -0.39 is 5.97 Å². The Morgan fingerprint density at radius 3 is 2.76 bits per heavy atom. The van der Waals surface area contributed by atoms with Crippen molar-refractivity contribution in [3.63, 3.8) is 0 Å². The fourth-order valence-corrected chi connectivity index (χ4v) is 2.21. The molecule has 0 bridgehead atoms. The third-order valence-electron chi connectivity index (χ3n) is 3.49. The number of hydrogen-bond donors (Lipinski definition) is 2.